The zero-order valence-electron chi connectivity index (χ0n) is 12.2. The van der Waals surface area contributed by atoms with E-state index in [1.165, 1.54) is 25.7 Å². The average molecular weight is 255 g/mol. The van der Waals surface area contributed by atoms with Gasteiger partial charge in [-0.3, -0.25) is 4.79 Å². The highest BCUT2D eigenvalue weighted by molar-refractivity contribution is 5.66. The van der Waals surface area contributed by atoms with Crippen LogP contribution < -0.4 is 5.32 Å². The Balaban J connectivity index is 2.14. The maximum absolute atomic E-state index is 10.6. The number of aliphatic carboxylic acids is 1. The Morgan fingerprint density at radius 3 is 2.39 bits per heavy atom. The molecule has 1 fully saturated rings. The molecule has 0 spiro atoms. The number of carbonyl (C=O) groups is 1. The lowest BCUT2D eigenvalue weighted by atomic mass is 9.83. The van der Waals surface area contributed by atoms with Crippen LogP contribution in [-0.4, -0.2) is 23.7 Å². The van der Waals surface area contributed by atoms with Crippen molar-refractivity contribution in [2.45, 2.75) is 71.8 Å². The predicted molar refractivity (Wildman–Crippen MR) is 74.7 cm³/mol. The van der Waals surface area contributed by atoms with E-state index in [1.807, 2.05) is 0 Å². The second-order valence-corrected chi connectivity index (χ2v) is 6.72. The van der Waals surface area contributed by atoms with Gasteiger partial charge in [-0.15, -0.1) is 0 Å². The van der Waals surface area contributed by atoms with Crippen LogP contribution in [0.15, 0.2) is 0 Å². The molecule has 0 aromatic carbocycles. The third kappa shape index (κ3) is 6.39. The summed E-state index contributed by atoms with van der Waals surface area (Å²) in [6.45, 7) is 7.69. The van der Waals surface area contributed by atoms with Crippen molar-refractivity contribution < 1.29 is 9.90 Å². The first-order valence-corrected chi connectivity index (χ1v) is 7.34. The van der Waals surface area contributed by atoms with Gasteiger partial charge in [-0.05, 0) is 56.4 Å². The van der Waals surface area contributed by atoms with Crippen molar-refractivity contribution in [3.8, 4) is 0 Å². The molecule has 3 nitrogen and oxygen atoms in total. The van der Waals surface area contributed by atoms with Crippen molar-refractivity contribution in [2.24, 2.45) is 11.3 Å². The van der Waals surface area contributed by atoms with Gasteiger partial charge < -0.3 is 10.4 Å². The van der Waals surface area contributed by atoms with E-state index in [4.69, 9.17) is 5.11 Å². The van der Waals surface area contributed by atoms with Crippen LogP contribution in [-0.2, 0) is 4.79 Å². The number of hydrogen-bond donors (Lipinski definition) is 2. The average Bonchev–Trinajstić information content (AvgIpc) is 2.29. The van der Waals surface area contributed by atoms with Crippen LogP contribution >= 0.6 is 0 Å². The molecule has 1 aliphatic carbocycles. The van der Waals surface area contributed by atoms with E-state index in [1.54, 1.807) is 0 Å². The minimum atomic E-state index is -0.683. The maximum atomic E-state index is 10.6. The van der Waals surface area contributed by atoms with Gasteiger partial charge >= 0.3 is 5.97 Å². The van der Waals surface area contributed by atoms with Gasteiger partial charge in [-0.2, -0.15) is 0 Å². The van der Waals surface area contributed by atoms with Crippen LogP contribution in [0.3, 0.4) is 0 Å². The van der Waals surface area contributed by atoms with Crippen LogP contribution in [0.4, 0.5) is 0 Å². The van der Waals surface area contributed by atoms with Gasteiger partial charge in [0.1, 0.15) is 0 Å². The topological polar surface area (TPSA) is 49.3 Å². The molecular weight excluding hydrogens is 226 g/mol. The lowest BCUT2D eigenvalue weighted by molar-refractivity contribution is -0.137. The first-order valence-electron chi connectivity index (χ1n) is 7.34. The Kier molecular flexibility index (Phi) is 6.13. The second-order valence-electron chi connectivity index (χ2n) is 6.72. The largest absolute Gasteiger partial charge is 0.481 e. The highest BCUT2D eigenvalue weighted by Gasteiger charge is 2.21. The Hall–Kier alpha value is -0.570. The van der Waals surface area contributed by atoms with E-state index in [0.717, 1.165) is 25.3 Å². The Bertz CT molecular complexity index is 255. The van der Waals surface area contributed by atoms with E-state index >= 15 is 0 Å². The third-order valence-corrected chi connectivity index (χ3v) is 4.27. The smallest absolute Gasteiger partial charge is 0.303 e. The summed E-state index contributed by atoms with van der Waals surface area (Å²) in [5.74, 6) is 0.215. The lowest BCUT2D eigenvalue weighted by Crippen LogP contribution is -2.35. The maximum Gasteiger partial charge on any atom is 0.303 e. The van der Waals surface area contributed by atoms with Crippen molar-refractivity contribution in [2.75, 3.05) is 6.54 Å². The predicted octanol–water partition coefficient (Wildman–Crippen LogP) is 3.44. The van der Waals surface area contributed by atoms with Crippen molar-refractivity contribution in [3.05, 3.63) is 0 Å². The van der Waals surface area contributed by atoms with Crippen LogP contribution in [0.5, 0.6) is 0 Å². The number of hydrogen-bond acceptors (Lipinski definition) is 2. The van der Waals surface area contributed by atoms with Gasteiger partial charge in [0.25, 0.3) is 0 Å². The van der Waals surface area contributed by atoms with Gasteiger partial charge in [-0.1, -0.05) is 20.8 Å². The van der Waals surface area contributed by atoms with Gasteiger partial charge in [-0.25, -0.2) is 0 Å². The molecule has 0 aromatic rings. The summed E-state index contributed by atoms with van der Waals surface area (Å²) in [4.78, 5) is 10.6. The van der Waals surface area contributed by atoms with Crippen molar-refractivity contribution >= 4 is 5.97 Å². The molecule has 1 rings (SSSR count). The zero-order chi connectivity index (χ0) is 13.6. The quantitative estimate of drug-likeness (QED) is 0.732. The van der Waals surface area contributed by atoms with Gasteiger partial charge in [0.15, 0.2) is 0 Å². The van der Waals surface area contributed by atoms with E-state index < -0.39 is 5.97 Å². The molecule has 0 amide bonds. The molecule has 106 valence electrons. The standard InChI is InChI=1S/C15H29NO2/c1-12-4-6-13(7-5-12)16-11-10-15(2,3)9-8-14(17)18/h12-13,16H,4-11H2,1-3H3,(H,17,18). The molecule has 0 radical (unpaired) electrons. The molecule has 2 N–H and O–H groups in total. The zero-order valence-corrected chi connectivity index (χ0v) is 12.2. The fourth-order valence-corrected chi connectivity index (χ4v) is 2.65. The molecule has 0 heterocycles. The number of carboxylic acids is 1. The summed E-state index contributed by atoms with van der Waals surface area (Å²) >= 11 is 0. The van der Waals surface area contributed by atoms with Gasteiger partial charge in [0.05, 0.1) is 0 Å². The van der Waals surface area contributed by atoms with Gasteiger partial charge in [0, 0.05) is 12.5 Å². The van der Waals surface area contributed by atoms with Crippen LogP contribution in [0.25, 0.3) is 0 Å². The molecule has 0 aromatic heterocycles. The third-order valence-electron chi connectivity index (χ3n) is 4.27. The SMILES string of the molecule is CC1CCC(NCCC(C)(C)CCC(=O)O)CC1. The second kappa shape index (κ2) is 7.13. The number of rotatable bonds is 7. The van der Waals surface area contributed by atoms with Crippen LogP contribution in [0.1, 0.15) is 65.7 Å². The molecule has 18 heavy (non-hydrogen) atoms. The first-order chi connectivity index (χ1) is 8.39. The Morgan fingerprint density at radius 2 is 1.83 bits per heavy atom. The van der Waals surface area contributed by atoms with Crippen LogP contribution in [0, 0.1) is 11.3 Å². The van der Waals surface area contributed by atoms with Crippen molar-refractivity contribution in [3.63, 3.8) is 0 Å². The molecule has 0 saturated heterocycles. The summed E-state index contributed by atoms with van der Waals surface area (Å²) in [5, 5.41) is 12.4. The normalized spacial score (nSPS) is 25.1. The van der Waals surface area contributed by atoms with Crippen molar-refractivity contribution in [1.29, 1.82) is 0 Å². The summed E-state index contributed by atoms with van der Waals surface area (Å²) in [5.41, 5.74) is 0.132. The summed E-state index contributed by atoms with van der Waals surface area (Å²) in [6.07, 6.45) is 7.42. The molecule has 1 aliphatic rings. The highest BCUT2D eigenvalue weighted by Crippen LogP contribution is 2.27. The minimum Gasteiger partial charge on any atom is -0.481 e. The molecule has 3 heteroatoms. The fourth-order valence-electron chi connectivity index (χ4n) is 2.65. The minimum absolute atomic E-state index is 0.132. The summed E-state index contributed by atoms with van der Waals surface area (Å²) in [7, 11) is 0. The fraction of sp³-hybridized carbons (Fsp3) is 0.933. The van der Waals surface area contributed by atoms with E-state index in [-0.39, 0.29) is 11.8 Å². The molecule has 0 bridgehead atoms. The lowest BCUT2D eigenvalue weighted by Gasteiger charge is -2.29. The molecule has 0 atom stereocenters. The van der Waals surface area contributed by atoms with E-state index in [0.29, 0.717) is 6.04 Å². The molecule has 0 aliphatic heterocycles. The van der Waals surface area contributed by atoms with Gasteiger partial charge in [0.2, 0.25) is 0 Å². The highest BCUT2D eigenvalue weighted by atomic mass is 16.4. The van der Waals surface area contributed by atoms with Crippen LogP contribution in [0.2, 0.25) is 0 Å². The summed E-state index contributed by atoms with van der Waals surface area (Å²) < 4.78 is 0. The molecular formula is C15H29NO2. The Labute approximate surface area is 111 Å². The van der Waals surface area contributed by atoms with E-state index in [2.05, 4.69) is 26.1 Å². The molecule has 1 saturated carbocycles. The van der Waals surface area contributed by atoms with Crippen molar-refractivity contribution in [1.82, 2.24) is 5.32 Å². The molecule has 0 unspecified atom stereocenters. The summed E-state index contributed by atoms with van der Waals surface area (Å²) in [6, 6.07) is 0.691. The number of carboxylic acid groups (broad SMARTS) is 1. The Morgan fingerprint density at radius 1 is 1.22 bits per heavy atom. The monoisotopic (exact) mass is 255 g/mol. The first kappa shape index (κ1) is 15.5. The number of nitrogens with one attached hydrogen (secondary N) is 1. The van der Waals surface area contributed by atoms with E-state index in [9.17, 15) is 4.79 Å².